The Morgan fingerprint density at radius 3 is 2.59 bits per heavy atom. The molecule has 1 aromatic carbocycles. The van der Waals surface area contributed by atoms with Crippen LogP contribution in [-0.4, -0.2) is 84.6 Å². The highest BCUT2D eigenvalue weighted by Crippen LogP contribution is 2.36. The number of fused-ring (bicyclic) bond motifs is 1. The van der Waals surface area contributed by atoms with Crippen LogP contribution in [0.25, 0.3) is 0 Å². The van der Waals surface area contributed by atoms with Crippen molar-refractivity contribution in [3.05, 3.63) is 47.0 Å². The predicted molar refractivity (Wildman–Crippen MR) is 155 cm³/mol. The molecule has 220 valence electrons. The van der Waals surface area contributed by atoms with Gasteiger partial charge in [0, 0.05) is 19.0 Å². The molecule has 2 aliphatic rings. The lowest BCUT2D eigenvalue weighted by molar-refractivity contribution is -0.134. The molecule has 4 N–H and O–H groups in total. The second-order valence-corrected chi connectivity index (χ2v) is 11.5. The van der Waals surface area contributed by atoms with E-state index in [0.717, 1.165) is 5.01 Å². The molecule has 1 saturated heterocycles. The molecule has 1 spiro atoms. The summed E-state index contributed by atoms with van der Waals surface area (Å²) < 4.78 is 5.71. The lowest BCUT2D eigenvalue weighted by Gasteiger charge is -2.40. The molecule has 0 unspecified atom stereocenters. The van der Waals surface area contributed by atoms with E-state index in [9.17, 15) is 19.2 Å². The van der Waals surface area contributed by atoms with Crippen molar-refractivity contribution in [2.45, 2.75) is 39.0 Å². The van der Waals surface area contributed by atoms with Crippen LogP contribution in [0, 0.1) is 5.41 Å². The van der Waals surface area contributed by atoms with Crippen molar-refractivity contribution in [1.82, 2.24) is 31.0 Å². The summed E-state index contributed by atoms with van der Waals surface area (Å²) in [4.78, 5) is 53.2. The number of amides is 4. The van der Waals surface area contributed by atoms with Crippen molar-refractivity contribution < 1.29 is 23.9 Å². The van der Waals surface area contributed by atoms with Crippen molar-refractivity contribution in [2.75, 3.05) is 51.2 Å². The standard InChI is InChI=1S/C28H37N7O5S/c1-19(2)25-33-34-27(41-25)32-23(37)18-35-15-10-28(11-16-35)9-5-8-22(36)29-14-17-40-21-7-4-3-6-20(21)24(38)30-12-13-31-26(28)39/h3-8,19H,9-18H2,1-2H3,(H,29,36)(H,30,38)(H,31,39)(H,32,34,37)/b8-5+. The first-order chi connectivity index (χ1) is 19.8. The number of nitrogens with one attached hydrogen (secondary N) is 4. The largest absolute Gasteiger partial charge is 0.491 e. The van der Waals surface area contributed by atoms with Crippen molar-refractivity contribution in [2.24, 2.45) is 5.41 Å². The van der Waals surface area contributed by atoms with Crippen LogP contribution in [0.3, 0.4) is 0 Å². The maximum Gasteiger partial charge on any atom is 0.255 e. The number of aromatic nitrogens is 2. The zero-order valence-electron chi connectivity index (χ0n) is 23.4. The van der Waals surface area contributed by atoms with Gasteiger partial charge in [-0.15, -0.1) is 10.2 Å². The summed E-state index contributed by atoms with van der Waals surface area (Å²) in [6, 6.07) is 6.88. The highest BCUT2D eigenvalue weighted by molar-refractivity contribution is 7.15. The number of hydrogen-bond acceptors (Lipinski definition) is 9. The van der Waals surface area contributed by atoms with E-state index < -0.39 is 5.41 Å². The number of piperidine rings is 1. The Kier molecular flexibility index (Phi) is 10.4. The summed E-state index contributed by atoms with van der Waals surface area (Å²) >= 11 is 1.36. The number of para-hydroxylation sites is 1. The van der Waals surface area contributed by atoms with E-state index in [1.165, 1.54) is 17.4 Å². The first kappa shape index (κ1) is 30.1. The minimum absolute atomic E-state index is 0.135. The van der Waals surface area contributed by atoms with Crippen molar-refractivity contribution in [3.63, 3.8) is 0 Å². The monoisotopic (exact) mass is 583 g/mol. The van der Waals surface area contributed by atoms with Gasteiger partial charge in [-0.3, -0.25) is 29.4 Å². The number of likely N-dealkylation sites (tertiary alicyclic amines) is 1. The van der Waals surface area contributed by atoms with Crippen LogP contribution in [0.1, 0.15) is 54.4 Å². The molecular weight excluding hydrogens is 546 g/mol. The number of nitrogens with zero attached hydrogens (tertiary/aromatic N) is 3. The molecule has 0 atom stereocenters. The maximum absolute atomic E-state index is 13.4. The van der Waals surface area contributed by atoms with Gasteiger partial charge in [-0.2, -0.15) is 0 Å². The number of rotatable bonds is 4. The quantitative estimate of drug-likeness (QED) is 0.424. The van der Waals surface area contributed by atoms with E-state index in [0.29, 0.717) is 48.8 Å². The maximum atomic E-state index is 13.4. The van der Waals surface area contributed by atoms with E-state index in [1.54, 1.807) is 30.3 Å². The first-order valence-corrected chi connectivity index (χ1v) is 14.7. The second kappa shape index (κ2) is 14.2. The summed E-state index contributed by atoms with van der Waals surface area (Å²) in [6.45, 7) is 6.28. The minimum atomic E-state index is -0.733. The topological polar surface area (TPSA) is 155 Å². The zero-order chi connectivity index (χ0) is 29.2. The van der Waals surface area contributed by atoms with Gasteiger partial charge in [-0.1, -0.05) is 43.4 Å². The summed E-state index contributed by atoms with van der Waals surface area (Å²) in [6.07, 6.45) is 4.59. The van der Waals surface area contributed by atoms with Gasteiger partial charge in [0.2, 0.25) is 22.9 Å². The smallest absolute Gasteiger partial charge is 0.255 e. The third kappa shape index (κ3) is 8.33. The molecular formula is C28H37N7O5S. The molecule has 3 heterocycles. The van der Waals surface area contributed by atoms with Gasteiger partial charge in [0.15, 0.2) is 0 Å². The fourth-order valence-electron chi connectivity index (χ4n) is 4.74. The fourth-order valence-corrected chi connectivity index (χ4v) is 5.51. The van der Waals surface area contributed by atoms with E-state index in [-0.39, 0.29) is 62.3 Å². The number of allylic oxidation sites excluding steroid dienone is 1. The highest BCUT2D eigenvalue weighted by Gasteiger charge is 2.40. The van der Waals surface area contributed by atoms with Gasteiger partial charge in [-0.25, -0.2) is 0 Å². The number of ether oxygens (including phenoxy) is 1. The summed E-state index contributed by atoms with van der Waals surface area (Å²) in [5, 5.41) is 20.9. The van der Waals surface area contributed by atoms with E-state index in [2.05, 4.69) is 31.5 Å². The van der Waals surface area contributed by atoms with Crippen LogP contribution >= 0.6 is 11.3 Å². The molecule has 0 bridgehead atoms. The number of anilines is 1. The Morgan fingerprint density at radius 2 is 1.83 bits per heavy atom. The van der Waals surface area contributed by atoms with Crippen LogP contribution in [-0.2, 0) is 14.4 Å². The molecule has 41 heavy (non-hydrogen) atoms. The number of carbonyl (C=O) groups excluding carboxylic acids is 4. The zero-order valence-corrected chi connectivity index (χ0v) is 24.2. The minimum Gasteiger partial charge on any atom is -0.491 e. The number of carbonyl (C=O) groups is 4. The van der Waals surface area contributed by atoms with Crippen molar-refractivity contribution in [3.8, 4) is 5.75 Å². The normalized spacial score (nSPS) is 19.7. The average molecular weight is 584 g/mol. The van der Waals surface area contributed by atoms with Crippen LogP contribution in [0.4, 0.5) is 5.13 Å². The van der Waals surface area contributed by atoms with Gasteiger partial charge in [0.1, 0.15) is 17.4 Å². The third-order valence-electron chi connectivity index (χ3n) is 7.11. The molecule has 1 aromatic heterocycles. The molecule has 0 aliphatic carbocycles. The Balaban J connectivity index is 1.37. The lowest BCUT2D eigenvalue weighted by Crippen LogP contribution is -2.51. The molecule has 2 aromatic rings. The number of hydrogen-bond donors (Lipinski definition) is 4. The predicted octanol–water partition coefficient (Wildman–Crippen LogP) is 1.68. The molecule has 2 aliphatic heterocycles. The Labute approximate surface area is 243 Å². The van der Waals surface area contributed by atoms with Crippen LogP contribution in [0.5, 0.6) is 5.75 Å². The Bertz CT molecular complexity index is 1270. The second-order valence-electron chi connectivity index (χ2n) is 10.5. The van der Waals surface area contributed by atoms with Gasteiger partial charge in [-0.05, 0) is 50.6 Å². The molecule has 4 rings (SSSR count). The molecule has 0 saturated carbocycles. The van der Waals surface area contributed by atoms with Gasteiger partial charge >= 0.3 is 0 Å². The van der Waals surface area contributed by atoms with E-state index >= 15 is 0 Å². The summed E-state index contributed by atoms with van der Waals surface area (Å²) in [5.41, 5.74) is -0.350. The Morgan fingerprint density at radius 1 is 1.07 bits per heavy atom. The molecule has 1 fully saturated rings. The fraction of sp³-hybridized carbons (Fsp3) is 0.500. The highest BCUT2D eigenvalue weighted by atomic mass is 32.1. The van der Waals surface area contributed by atoms with Crippen molar-refractivity contribution >= 4 is 40.1 Å². The van der Waals surface area contributed by atoms with Crippen LogP contribution in [0.2, 0.25) is 0 Å². The Hall–Kier alpha value is -3.84. The van der Waals surface area contributed by atoms with E-state index in [1.807, 2.05) is 18.7 Å². The SMILES string of the molecule is CC(C)c1nnc(NC(=O)CN2CCC3(C/C=C/C(=O)NCCOc4ccccc4C(=O)NCCNC3=O)CC2)s1. The number of benzene rings is 1. The van der Waals surface area contributed by atoms with E-state index in [4.69, 9.17) is 4.74 Å². The van der Waals surface area contributed by atoms with Gasteiger partial charge < -0.3 is 20.7 Å². The van der Waals surface area contributed by atoms with Crippen LogP contribution < -0.4 is 26.0 Å². The summed E-state index contributed by atoms with van der Waals surface area (Å²) in [7, 11) is 0. The lowest BCUT2D eigenvalue weighted by atomic mass is 9.74. The molecule has 12 nitrogen and oxygen atoms in total. The van der Waals surface area contributed by atoms with Gasteiger partial charge in [0.25, 0.3) is 5.91 Å². The van der Waals surface area contributed by atoms with Crippen molar-refractivity contribution in [1.29, 1.82) is 0 Å². The third-order valence-corrected chi connectivity index (χ3v) is 8.25. The molecule has 0 radical (unpaired) electrons. The summed E-state index contributed by atoms with van der Waals surface area (Å²) in [5.74, 6) is -0.243. The molecule has 4 amide bonds. The average Bonchev–Trinajstić information content (AvgIpc) is 3.42. The first-order valence-electron chi connectivity index (χ1n) is 13.8. The molecule has 13 heteroatoms. The van der Waals surface area contributed by atoms with Gasteiger partial charge in [0.05, 0.1) is 24.1 Å². The van der Waals surface area contributed by atoms with Crippen LogP contribution in [0.15, 0.2) is 36.4 Å².